The number of hydrogen-bond acceptors (Lipinski definition) is 5. The molecule has 1 fully saturated rings. The van der Waals surface area contributed by atoms with Gasteiger partial charge in [0.25, 0.3) is 0 Å². The van der Waals surface area contributed by atoms with Crippen molar-refractivity contribution in [1.29, 1.82) is 0 Å². The van der Waals surface area contributed by atoms with Crippen LogP contribution in [0.25, 0.3) is 0 Å². The molecule has 7 nitrogen and oxygen atoms in total. The SMILES string of the molecule is COc1cc2cc(c1)NC(=O)CCCCCCC=CC[C@H](OC(=O)[C@H](NC(=O)C1CCCCC1)C(C)C)CC/C(C)=C/CC2. The summed E-state index contributed by atoms with van der Waals surface area (Å²) in [6.07, 6.45) is 20.8. The van der Waals surface area contributed by atoms with Gasteiger partial charge >= 0.3 is 5.97 Å². The maximum absolute atomic E-state index is 13.4. The summed E-state index contributed by atoms with van der Waals surface area (Å²) in [4.78, 5) is 38.9. The van der Waals surface area contributed by atoms with Crippen molar-refractivity contribution in [2.24, 2.45) is 11.8 Å². The number of aryl methyl sites for hydroxylation is 1. The molecule has 0 radical (unpaired) electrons. The van der Waals surface area contributed by atoms with Crippen molar-refractivity contribution in [3.8, 4) is 5.75 Å². The third-order valence-corrected chi connectivity index (χ3v) is 8.84. The number of hydrogen-bond donors (Lipinski definition) is 2. The van der Waals surface area contributed by atoms with Crippen molar-refractivity contribution in [3.63, 3.8) is 0 Å². The van der Waals surface area contributed by atoms with Crippen LogP contribution in [0.4, 0.5) is 5.69 Å². The molecule has 244 valence electrons. The van der Waals surface area contributed by atoms with Crippen LogP contribution in [-0.2, 0) is 25.5 Å². The molecule has 0 spiro atoms. The molecule has 7 heteroatoms. The van der Waals surface area contributed by atoms with Gasteiger partial charge in [-0.25, -0.2) is 4.79 Å². The molecular formula is C37H56N2O5. The van der Waals surface area contributed by atoms with Crippen LogP contribution in [0.3, 0.4) is 0 Å². The quantitative estimate of drug-likeness (QED) is 0.251. The molecule has 3 rings (SSSR count). The van der Waals surface area contributed by atoms with Gasteiger partial charge in [-0.3, -0.25) is 9.59 Å². The van der Waals surface area contributed by atoms with Gasteiger partial charge in [-0.2, -0.15) is 0 Å². The first-order valence-electron chi connectivity index (χ1n) is 17.0. The van der Waals surface area contributed by atoms with Crippen LogP contribution in [0.2, 0.25) is 0 Å². The van der Waals surface area contributed by atoms with E-state index in [0.29, 0.717) is 12.8 Å². The van der Waals surface area contributed by atoms with Gasteiger partial charge in [0.1, 0.15) is 17.9 Å². The van der Waals surface area contributed by atoms with Crippen molar-refractivity contribution in [2.45, 2.75) is 136 Å². The highest BCUT2D eigenvalue weighted by Gasteiger charge is 2.31. The second kappa shape index (κ2) is 19.3. The molecule has 1 aliphatic heterocycles. The summed E-state index contributed by atoms with van der Waals surface area (Å²) in [6, 6.07) is 5.29. The van der Waals surface area contributed by atoms with E-state index in [9.17, 15) is 14.4 Å². The van der Waals surface area contributed by atoms with Gasteiger partial charge in [0, 0.05) is 30.5 Å². The molecule has 1 aliphatic carbocycles. The van der Waals surface area contributed by atoms with Crippen molar-refractivity contribution < 1.29 is 23.9 Å². The number of methoxy groups -OCH3 is 1. The Balaban J connectivity index is 1.67. The lowest BCUT2D eigenvalue weighted by Crippen LogP contribution is -2.48. The fourth-order valence-electron chi connectivity index (χ4n) is 6.06. The predicted octanol–water partition coefficient (Wildman–Crippen LogP) is 8.23. The normalized spacial score (nSPS) is 22.1. The molecule has 2 aliphatic rings. The molecule has 0 aromatic heterocycles. The minimum atomic E-state index is -0.635. The summed E-state index contributed by atoms with van der Waals surface area (Å²) in [5.41, 5.74) is 3.14. The Morgan fingerprint density at radius 2 is 1.64 bits per heavy atom. The number of allylic oxidation sites excluding steroid dienone is 3. The van der Waals surface area contributed by atoms with E-state index in [1.54, 1.807) is 7.11 Å². The first-order chi connectivity index (χ1) is 21.2. The molecule has 2 amide bonds. The van der Waals surface area contributed by atoms with Gasteiger partial charge in [0.2, 0.25) is 11.8 Å². The van der Waals surface area contributed by atoms with Crippen LogP contribution in [0, 0.1) is 11.8 Å². The summed E-state index contributed by atoms with van der Waals surface area (Å²) < 4.78 is 11.6. The number of ether oxygens (including phenoxy) is 2. The average Bonchev–Trinajstić information content (AvgIpc) is 3.00. The van der Waals surface area contributed by atoms with E-state index >= 15 is 0 Å². The lowest BCUT2D eigenvalue weighted by Gasteiger charge is -2.27. The molecule has 2 bridgehead atoms. The van der Waals surface area contributed by atoms with E-state index in [1.807, 2.05) is 32.0 Å². The number of nitrogens with one attached hydrogen (secondary N) is 2. The number of anilines is 1. The Kier molecular flexibility index (Phi) is 15.5. The molecule has 2 atom stereocenters. The van der Waals surface area contributed by atoms with Crippen molar-refractivity contribution in [3.05, 3.63) is 47.6 Å². The van der Waals surface area contributed by atoms with E-state index in [4.69, 9.17) is 9.47 Å². The molecule has 44 heavy (non-hydrogen) atoms. The zero-order valence-corrected chi connectivity index (χ0v) is 27.6. The summed E-state index contributed by atoms with van der Waals surface area (Å²) in [5.74, 6) is 0.402. The number of benzene rings is 1. The largest absolute Gasteiger partial charge is 0.497 e. The zero-order valence-electron chi connectivity index (χ0n) is 27.6. The minimum Gasteiger partial charge on any atom is -0.497 e. The highest BCUT2D eigenvalue weighted by Crippen LogP contribution is 2.25. The van der Waals surface area contributed by atoms with Crippen LogP contribution in [0.5, 0.6) is 5.75 Å². The number of amides is 2. The van der Waals surface area contributed by atoms with Gasteiger partial charge in [-0.15, -0.1) is 0 Å². The maximum Gasteiger partial charge on any atom is 0.329 e. The standard InChI is InChI=1S/C37H56N2O5/c1-27(2)35(39-36(41)30-18-11-10-12-19-30)37(42)44-32-20-13-8-6-5-7-9-14-21-34(40)38-31-24-29(25-33(26-31)43-4)17-15-16-28(3)22-23-32/h8,13,16,24-27,30,32,35H,5-7,9-12,14-15,17-23H2,1-4H3,(H,38,40)(H,39,41)/b13-8?,28-16+/t32-,35+/m0/s1. The summed E-state index contributed by atoms with van der Waals surface area (Å²) in [6.45, 7) is 6.06. The van der Waals surface area contributed by atoms with E-state index < -0.39 is 6.04 Å². The number of rotatable bonds is 6. The Morgan fingerprint density at radius 3 is 2.39 bits per heavy atom. The number of fused-ring (bicyclic) bond motifs is 2. The smallest absolute Gasteiger partial charge is 0.329 e. The van der Waals surface area contributed by atoms with Gasteiger partial charge in [0.15, 0.2) is 0 Å². The van der Waals surface area contributed by atoms with Gasteiger partial charge in [0.05, 0.1) is 7.11 Å². The first kappa shape index (κ1) is 35.4. The van der Waals surface area contributed by atoms with E-state index in [0.717, 1.165) is 100 Å². The highest BCUT2D eigenvalue weighted by atomic mass is 16.5. The molecule has 2 N–H and O–H groups in total. The summed E-state index contributed by atoms with van der Waals surface area (Å²) in [7, 11) is 1.65. The summed E-state index contributed by atoms with van der Waals surface area (Å²) in [5, 5.41) is 6.09. The predicted molar refractivity (Wildman–Crippen MR) is 178 cm³/mol. The second-order valence-electron chi connectivity index (χ2n) is 13.0. The van der Waals surface area contributed by atoms with E-state index in [1.165, 1.54) is 12.0 Å². The van der Waals surface area contributed by atoms with Crippen LogP contribution < -0.4 is 15.4 Å². The Hall–Kier alpha value is -3.09. The number of carbonyl (C=O) groups is 3. The van der Waals surface area contributed by atoms with E-state index in [2.05, 4.69) is 35.8 Å². The average molecular weight is 609 g/mol. The van der Waals surface area contributed by atoms with Crippen LogP contribution in [-0.4, -0.2) is 37.0 Å². The summed E-state index contributed by atoms with van der Waals surface area (Å²) >= 11 is 0. The van der Waals surface area contributed by atoms with Crippen LogP contribution >= 0.6 is 0 Å². The fraction of sp³-hybridized carbons (Fsp3) is 0.649. The molecular weight excluding hydrogens is 552 g/mol. The molecule has 0 unspecified atom stereocenters. The molecule has 1 heterocycles. The van der Waals surface area contributed by atoms with Crippen molar-refractivity contribution in [1.82, 2.24) is 5.32 Å². The Morgan fingerprint density at radius 1 is 0.886 bits per heavy atom. The van der Waals surface area contributed by atoms with Crippen molar-refractivity contribution in [2.75, 3.05) is 12.4 Å². The van der Waals surface area contributed by atoms with Crippen LogP contribution in [0.1, 0.15) is 123 Å². The Labute approximate surface area is 265 Å². The molecule has 1 aromatic carbocycles. The molecule has 0 saturated heterocycles. The van der Waals surface area contributed by atoms with Crippen LogP contribution in [0.15, 0.2) is 42.0 Å². The van der Waals surface area contributed by atoms with Gasteiger partial charge in [-0.05, 0) is 88.3 Å². The van der Waals surface area contributed by atoms with E-state index in [-0.39, 0.29) is 35.7 Å². The second-order valence-corrected chi connectivity index (χ2v) is 13.0. The van der Waals surface area contributed by atoms with Gasteiger partial charge in [-0.1, -0.05) is 69.8 Å². The lowest BCUT2D eigenvalue weighted by molar-refractivity contribution is -0.155. The minimum absolute atomic E-state index is 0.00280. The Bertz CT molecular complexity index is 1120. The zero-order chi connectivity index (χ0) is 31.7. The third-order valence-electron chi connectivity index (χ3n) is 8.84. The third kappa shape index (κ3) is 12.9. The fourth-order valence-corrected chi connectivity index (χ4v) is 6.06. The highest BCUT2D eigenvalue weighted by molar-refractivity contribution is 5.91. The lowest BCUT2D eigenvalue weighted by atomic mass is 9.88. The van der Waals surface area contributed by atoms with Gasteiger partial charge < -0.3 is 20.1 Å². The number of esters is 1. The maximum atomic E-state index is 13.4. The first-order valence-corrected chi connectivity index (χ1v) is 17.0. The number of carbonyl (C=O) groups excluding carboxylic acids is 3. The monoisotopic (exact) mass is 608 g/mol. The van der Waals surface area contributed by atoms with Crippen molar-refractivity contribution >= 4 is 23.5 Å². The topological polar surface area (TPSA) is 93.7 Å². The molecule has 1 aromatic rings. The molecule has 1 saturated carbocycles.